The molecule has 5 aliphatic rings. The number of nitrogens with one attached hydrogen (secondary N) is 2. The van der Waals surface area contributed by atoms with Gasteiger partial charge in [-0.15, -0.1) is 0 Å². The average Bonchev–Trinajstić information content (AvgIpc) is 3.14. The van der Waals surface area contributed by atoms with Gasteiger partial charge >= 0.3 is 0 Å². The molecule has 236 valence electrons. The van der Waals surface area contributed by atoms with Crippen LogP contribution in [0, 0.1) is 23.2 Å². The van der Waals surface area contributed by atoms with E-state index < -0.39 is 17.5 Å². The van der Waals surface area contributed by atoms with Gasteiger partial charge in [0.2, 0.25) is 11.8 Å². The van der Waals surface area contributed by atoms with Crippen LogP contribution in [0.25, 0.3) is 10.8 Å². The lowest BCUT2D eigenvalue weighted by molar-refractivity contribution is -0.143. The fourth-order valence-electron chi connectivity index (χ4n) is 8.99. The third kappa shape index (κ3) is 5.31. The highest BCUT2D eigenvalue weighted by Gasteiger charge is 2.56. The summed E-state index contributed by atoms with van der Waals surface area (Å²) in [7, 11) is 3.35. The Morgan fingerprint density at radius 3 is 2.31 bits per heavy atom. The molecule has 4 fully saturated rings. The van der Waals surface area contributed by atoms with Crippen molar-refractivity contribution in [2.24, 2.45) is 23.2 Å². The number of nitrogens with zero attached hydrogens (tertiary/aromatic N) is 2. The van der Waals surface area contributed by atoms with Gasteiger partial charge in [-0.25, -0.2) is 0 Å². The van der Waals surface area contributed by atoms with Crippen molar-refractivity contribution in [3.05, 3.63) is 64.6 Å². The molecule has 0 aromatic heterocycles. The van der Waals surface area contributed by atoms with Gasteiger partial charge in [0.25, 0.3) is 5.91 Å². The summed E-state index contributed by atoms with van der Waals surface area (Å²) in [5.41, 5.74) is 1.83. The Labute approximate surface area is 273 Å². The van der Waals surface area contributed by atoms with Crippen molar-refractivity contribution < 1.29 is 19.1 Å². The van der Waals surface area contributed by atoms with E-state index in [1.165, 1.54) is 19.3 Å². The summed E-state index contributed by atoms with van der Waals surface area (Å²) < 4.78 is 6.78. The van der Waals surface area contributed by atoms with Crippen molar-refractivity contribution in [3.63, 3.8) is 0 Å². The smallest absolute Gasteiger partial charge is 0.251 e. The maximum atomic E-state index is 14.9. The number of anilines is 2. The second-order valence-electron chi connectivity index (χ2n) is 13.7. The lowest BCUT2D eigenvalue weighted by Crippen LogP contribution is -2.59. The minimum absolute atomic E-state index is 0.0920. The van der Waals surface area contributed by atoms with Crippen molar-refractivity contribution in [1.82, 2.24) is 10.6 Å². The third-order valence-corrected chi connectivity index (χ3v) is 11.4. The maximum Gasteiger partial charge on any atom is 0.251 e. The lowest BCUT2D eigenvalue weighted by atomic mass is 9.49. The van der Waals surface area contributed by atoms with Crippen LogP contribution in [0.3, 0.4) is 0 Å². The van der Waals surface area contributed by atoms with Crippen LogP contribution in [0.4, 0.5) is 11.4 Å². The molecule has 0 spiro atoms. The number of rotatable bonds is 7. The predicted molar refractivity (Wildman–Crippen MR) is 179 cm³/mol. The summed E-state index contributed by atoms with van der Waals surface area (Å²) in [6.45, 7) is 2.07. The Hall–Kier alpha value is -3.43. The first-order valence-corrected chi connectivity index (χ1v) is 16.9. The molecule has 9 heteroatoms. The van der Waals surface area contributed by atoms with Crippen molar-refractivity contribution in [2.75, 3.05) is 30.5 Å². The number of amides is 3. The standard InChI is InChI=1S/C36H41BrN4O4/c1-21(38-2)33(42)39-29-20-41(35(44)36-16-22-12-23(17-36)14-24(13-22)18-36)31-7-5-4-6-30(31)40(34(29)43)19-28-27-10-9-26(37)15-25(27)8-11-32(28)45-3/h4-11,15,21-24,29,38H,12-14,16-20H2,1-3H3,(H,39,42). The van der Waals surface area contributed by atoms with Crippen LogP contribution in [0.5, 0.6) is 5.75 Å². The van der Waals surface area contributed by atoms with Gasteiger partial charge in [-0.3, -0.25) is 14.4 Å². The number of halogens is 1. The zero-order valence-electron chi connectivity index (χ0n) is 26.1. The molecular formula is C36H41BrN4O4. The largest absolute Gasteiger partial charge is 0.496 e. The number of hydrogen-bond acceptors (Lipinski definition) is 5. The van der Waals surface area contributed by atoms with Gasteiger partial charge in [-0.2, -0.15) is 0 Å². The van der Waals surface area contributed by atoms with Gasteiger partial charge in [0, 0.05) is 10.0 Å². The van der Waals surface area contributed by atoms with Crippen molar-refractivity contribution in [2.45, 2.75) is 64.1 Å². The lowest BCUT2D eigenvalue weighted by Gasteiger charge is -2.56. The van der Waals surface area contributed by atoms with Crippen LogP contribution < -0.4 is 25.2 Å². The van der Waals surface area contributed by atoms with Gasteiger partial charge in [0.05, 0.1) is 43.0 Å². The molecule has 0 saturated heterocycles. The van der Waals surface area contributed by atoms with E-state index in [4.69, 9.17) is 4.74 Å². The van der Waals surface area contributed by atoms with Crippen molar-refractivity contribution in [1.29, 1.82) is 0 Å². The number of carbonyl (C=O) groups excluding carboxylic acids is 3. The number of para-hydroxylation sites is 2. The molecule has 0 radical (unpaired) electrons. The molecule has 1 aliphatic heterocycles. The molecule has 2 atom stereocenters. The van der Waals surface area contributed by atoms with Crippen molar-refractivity contribution in [3.8, 4) is 5.75 Å². The first-order chi connectivity index (χ1) is 21.7. The first-order valence-electron chi connectivity index (χ1n) is 16.1. The molecular weight excluding hydrogens is 632 g/mol. The molecule has 8 nitrogen and oxygen atoms in total. The van der Waals surface area contributed by atoms with E-state index in [2.05, 4.69) is 26.6 Å². The minimum atomic E-state index is -0.923. The van der Waals surface area contributed by atoms with E-state index in [1.807, 2.05) is 59.5 Å². The third-order valence-electron chi connectivity index (χ3n) is 10.9. The minimum Gasteiger partial charge on any atom is -0.496 e. The van der Waals surface area contributed by atoms with E-state index >= 15 is 0 Å². The van der Waals surface area contributed by atoms with Gasteiger partial charge in [-0.1, -0.05) is 40.2 Å². The quantitative estimate of drug-likeness (QED) is 0.331. The monoisotopic (exact) mass is 672 g/mol. The molecule has 2 N–H and O–H groups in total. The summed E-state index contributed by atoms with van der Waals surface area (Å²) >= 11 is 3.58. The first kappa shape index (κ1) is 30.2. The van der Waals surface area contributed by atoms with E-state index in [-0.39, 0.29) is 30.8 Å². The molecule has 3 aromatic carbocycles. The van der Waals surface area contributed by atoms with Crippen LogP contribution >= 0.6 is 15.9 Å². The molecule has 45 heavy (non-hydrogen) atoms. The predicted octanol–water partition coefficient (Wildman–Crippen LogP) is 5.80. The van der Waals surface area contributed by atoms with E-state index in [9.17, 15) is 14.4 Å². The van der Waals surface area contributed by atoms with Gasteiger partial charge in [0.1, 0.15) is 11.8 Å². The van der Waals surface area contributed by atoms with E-state index in [0.29, 0.717) is 34.9 Å². The molecule has 3 aromatic rings. The fourth-order valence-corrected chi connectivity index (χ4v) is 9.37. The Bertz CT molecular complexity index is 1640. The molecule has 3 amide bonds. The van der Waals surface area contributed by atoms with Crippen molar-refractivity contribution >= 4 is 55.8 Å². The Morgan fingerprint density at radius 2 is 1.67 bits per heavy atom. The van der Waals surface area contributed by atoms with Crippen LogP contribution in [-0.2, 0) is 20.9 Å². The Kier molecular flexibility index (Phi) is 7.89. The molecule has 4 saturated carbocycles. The van der Waals surface area contributed by atoms with E-state index in [0.717, 1.165) is 40.1 Å². The maximum absolute atomic E-state index is 14.9. The second-order valence-corrected chi connectivity index (χ2v) is 14.6. The number of benzene rings is 3. The number of likely N-dealkylation sites (N-methyl/N-ethyl adjacent to an activating group) is 1. The average molecular weight is 674 g/mol. The van der Waals surface area contributed by atoms with E-state index in [1.54, 1.807) is 26.0 Å². The molecule has 1 heterocycles. The highest BCUT2D eigenvalue weighted by Crippen LogP contribution is 2.61. The Morgan fingerprint density at radius 1 is 1.00 bits per heavy atom. The fraction of sp³-hybridized carbons (Fsp3) is 0.472. The van der Waals surface area contributed by atoms with Crippen LogP contribution in [-0.4, -0.2) is 50.5 Å². The summed E-state index contributed by atoms with van der Waals surface area (Å²) in [5, 5.41) is 7.98. The van der Waals surface area contributed by atoms with Gasteiger partial charge in [0.15, 0.2) is 0 Å². The summed E-state index contributed by atoms with van der Waals surface area (Å²) in [4.78, 5) is 46.4. The highest BCUT2D eigenvalue weighted by molar-refractivity contribution is 9.10. The molecule has 4 bridgehead atoms. The molecule has 4 aliphatic carbocycles. The molecule has 2 unspecified atom stereocenters. The summed E-state index contributed by atoms with van der Waals surface area (Å²) in [5.74, 6) is 2.05. The van der Waals surface area contributed by atoms with Crippen LogP contribution in [0.15, 0.2) is 59.1 Å². The summed E-state index contributed by atoms with van der Waals surface area (Å²) in [6.07, 6.45) is 6.47. The zero-order valence-corrected chi connectivity index (χ0v) is 27.7. The molecule has 8 rings (SSSR count). The zero-order chi connectivity index (χ0) is 31.5. The SMILES string of the molecule is CNC(C)C(=O)NC1CN(C(=O)C23CC4CC(CC(C4)C2)C3)c2ccccc2N(Cc2c(OC)ccc3cc(Br)ccc23)C1=O. The topological polar surface area (TPSA) is 91.0 Å². The number of fused-ring (bicyclic) bond motifs is 2. The van der Waals surface area contributed by atoms with Crippen LogP contribution in [0.2, 0.25) is 0 Å². The normalized spacial score (nSPS) is 27.7. The van der Waals surface area contributed by atoms with Gasteiger partial charge in [-0.05, 0) is 111 Å². The number of ether oxygens (including phenoxy) is 1. The second kappa shape index (κ2) is 11.7. The number of methoxy groups -OCH3 is 1. The van der Waals surface area contributed by atoms with Gasteiger partial charge < -0.3 is 25.2 Å². The Balaban J connectivity index is 1.33. The number of hydrogen-bond donors (Lipinski definition) is 2. The van der Waals surface area contributed by atoms with Crippen LogP contribution in [0.1, 0.15) is 51.0 Å². The summed E-state index contributed by atoms with van der Waals surface area (Å²) in [6, 6.07) is 16.3. The number of carbonyl (C=O) groups is 3. The highest BCUT2D eigenvalue weighted by atomic mass is 79.9.